The van der Waals surface area contributed by atoms with Crippen molar-refractivity contribution in [1.29, 1.82) is 0 Å². The molecular formula is C13H17N5O2. The quantitative estimate of drug-likeness (QED) is 0.554. The zero-order valence-corrected chi connectivity index (χ0v) is 11.4. The Balaban J connectivity index is 1.91. The van der Waals surface area contributed by atoms with Crippen LogP contribution in [0.25, 0.3) is 0 Å². The van der Waals surface area contributed by atoms with E-state index in [-0.39, 0.29) is 5.91 Å². The molecule has 2 aromatic rings. The molecule has 0 radical (unpaired) electrons. The van der Waals surface area contributed by atoms with Crippen LogP contribution in [0, 0.1) is 13.8 Å². The molecule has 1 heterocycles. The Labute approximate surface area is 116 Å². The minimum atomic E-state index is -0.133. The molecule has 0 fully saturated rings. The zero-order valence-electron chi connectivity index (χ0n) is 11.4. The van der Waals surface area contributed by atoms with Crippen LogP contribution in [0.15, 0.2) is 22.7 Å². The number of hydrogen-bond donors (Lipinski definition) is 3. The van der Waals surface area contributed by atoms with Crippen molar-refractivity contribution < 1.29 is 9.32 Å². The average Bonchev–Trinajstić information content (AvgIpc) is 2.84. The van der Waals surface area contributed by atoms with Crippen LogP contribution >= 0.6 is 0 Å². The van der Waals surface area contributed by atoms with E-state index in [4.69, 9.17) is 10.4 Å². The maximum absolute atomic E-state index is 12.0. The van der Waals surface area contributed by atoms with Gasteiger partial charge in [-0.05, 0) is 30.7 Å². The molecule has 1 aromatic heterocycles. The first-order valence-electron chi connectivity index (χ1n) is 6.25. The van der Waals surface area contributed by atoms with E-state index in [2.05, 4.69) is 20.9 Å². The first-order valence-corrected chi connectivity index (χ1v) is 6.25. The molecule has 0 atom stereocenters. The largest absolute Gasteiger partial charge is 0.352 e. The lowest BCUT2D eigenvalue weighted by atomic mass is 10.1. The molecule has 4 N–H and O–H groups in total. The Hall–Kier alpha value is -2.41. The molecule has 7 nitrogen and oxygen atoms in total. The third-order valence-corrected chi connectivity index (χ3v) is 2.84. The summed E-state index contributed by atoms with van der Waals surface area (Å²) < 4.78 is 4.86. The zero-order chi connectivity index (χ0) is 14.5. The van der Waals surface area contributed by atoms with Gasteiger partial charge < -0.3 is 15.3 Å². The highest BCUT2D eigenvalue weighted by Gasteiger charge is 2.09. The van der Waals surface area contributed by atoms with Crippen LogP contribution in [-0.4, -0.2) is 22.6 Å². The molecule has 0 saturated heterocycles. The minimum Gasteiger partial charge on any atom is -0.352 e. The first-order chi connectivity index (χ1) is 9.60. The molecule has 20 heavy (non-hydrogen) atoms. The number of benzene rings is 1. The Kier molecular flexibility index (Phi) is 4.31. The summed E-state index contributed by atoms with van der Waals surface area (Å²) in [4.78, 5) is 16.1. The molecule has 2 rings (SSSR count). The summed E-state index contributed by atoms with van der Waals surface area (Å²) in [6.07, 6.45) is 0.532. The number of amides is 1. The van der Waals surface area contributed by atoms with Crippen molar-refractivity contribution in [3.8, 4) is 0 Å². The molecule has 0 bridgehead atoms. The Morgan fingerprint density at radius 3 is 2.80 bits per heavy atom. The maximum Gasteiger partial charge on any atom is 0.251 e. The van der Waals surface area contributed by atoms with Gasteiger partial charge in [0.2, 0.25) is 5.89 Å². The summed E-state index contributed by atoms with van der Waals surface area (Å²) in [5.74, 6) is 6.29. The average molecular weight is 275 g/mol. The number of hydrazine groups is 1. The lowest BCUT2D eigenvalue weighted by Gasteiger charge is -2.08. The molecule has 1 aromatic carbocycles. The molecule has 0 aliphatic rings. The van der Waals surface area contributed by atoms with Crippen LogP contribution in [0.1, 0.15) is 27.6 Å². The lowest BCUT2D eigenvalue weighted by molar-refractivity contribution is 0.0953. The van der Waals surface area contributed by atoms with E-state index in [0.717, 1.165) is 11.3 Å². The van der Waals surface area contributed by atoms with Crippen LogP contribution in [0.3, 0.4) is 0 Å². The van der Waals surface area contributed by atoms with Crippen LogP contribution in [0.2, 0.25) is 0 Å². The standard InChI is InChI=1S/C13H17N5O2/c1-8-7-10(17-14)3-4-11(8)13(19)15-6-5-12-16-9(2)20-18-12/h3-4,7,17H,5-6,14H2,1-2H3,(H,15,19). The summed E-state index contributed by atoms with van der Waals surface area (Å²) in [5.41, 5.74) is 4.78. The van der Waals surface area contributed by atoms with Crippen molar-refractivity contribution >= 4 is 11.6 Å². The smallest absolute Gasteiger partial charge is 0.251 e. The van der Waals surface area contributed by atoms with Crippen molar-refractivity contribution in [1.82, 2.24) is 15.5 Å². The molecule has 1 amide bonds. The van der Waals surface area contributed by atoms with Crippen LogP contribution in [0.4, 0.5) is 5.69 Å². The number of rotatable bonds is 5. The molecule has 0 unspecified atom stereocenters. The topological polar surface area (TPSA) is 106 Å². The van der Waals surface area contributed by atoms with Gasteiger partial charge in [0.25, 0.3) is 5.91 Å². The normalized spacial score (nSPS) is 10.3. The molecule has 0 aliphatic carbocycles. The highest BCUT2D eigenvalue weighted by atomic mass is 16.5. The fourth-order valence-corrected chi connectivity index (χ4v) is 1.83. The molecule has 106 valence electrons. The number of anilines is 1. The van der Waals surface area contributed by atoms with Crippen LogP contribution < -0.4 is 16.6 Å². The van der Waals surface area contributed by atoms with Crippen molar-refractivity contribution in [3.63, 3.8) is 0 Å². The van der Waals surface area contributed by atoms with E-state index in [0.29, 0.717) is 30.2 Å². The molecule has 0 spiro atoms. The highest BCUT2D eigenvalue weighted by molar-refractivity contribution is 5.96. The number of nitrogen functional groups attached to an aromatic ring is 1. The predicted molar refractivity (Wildman–Crippen MR) is 74.1 cm³/mol. The summed E-state index contributed by atoms with van der Waals surface area (Å²) in [6.45, 7) is 4.04. The van der Waals surface area contributed by atoms with Gasteiger partial charge in [-0.1, -0.05) is 5.16 Å². The van der Waals surface area contributed by atoms with Crippen molar-refractivity contribution in [3.05, 3.63) is 41.0 Å². The third-order valence-electron chi connectivity index (χ3n) is 2.84. The second-order valence-corrected chi connectivity index (χ2v) is 4.41. The summed E-state index contributed by atoms with van der Waals surface area (Å²) in [6, 6.07) is 5.31. The fourth-order valence-electron chi connectivity index (χ4n) is 1.83. The van der Waals surface area contributed by atoms with E-state index in [1.54, 1.807) is 19.1 Å². The number of nitrogens with one attached hydrogen (secondary N) is 2. The van der Waals surface area contributed by atoms with Crippen LogP contribution in [-0.2, 0) is 6.42 Å². The minimum absolute atomic E-state index is 0.133. The molecule has 0 saturated carbocycles. The number of carbonyl (C=O) groups is 1. The number of aryl methyl sites for hydroxylation is 2. The summed E-state index contributed by atoms with van der Waals surface area (Å²) >= 11 is 0. The van der Waals surface area contributed by atoms with Gasteiger partial charge in [-0.25, -0.2) is 0 Å². The second kappa shape index (κ2) is 6.16. The maximum atomic E-state index is 12.0. The number of nitrogens with zero attached hydrogens (tertiary/aromatic N) is 2. The van der Waals surface area contributed by atoms with Gasteiger partial charge in [-0.15, -0.1) is 0 Å². The SMILES string of the molecule is Cc1nc(CCNC(=O)c2ccc(NN)cc2C)no1. The van der Waals surface area contributed by atoms with Gasteiger partial charge >= 0.3 is 0 Å². The molecule has 7 heteroatoms. The van der Waals surface area contributed by atoms with E-state index in [9.17, 15) is 4.79 Å². The summed E-state index contributed by atoms with van der Waals surface area (Å²) in [7, 11) is 0. The Morgan fingerprint density at radius 2 is 2.20 bits per heavy atom. The van der Waals surface area contributed by atoms with E-state index in [1.165, 1.54) is 0 Å². The number of hydrogen-bond acceptors (Lipinski definition) is 6. The van der Waals surface area contributed by atoms with Crippen molar-refractivity contribution in [2.75, 3.05) is 12.0 Å². The lowest BCUT2D eigenvalue weighted by Crippen LogP contribution is -2.26. The van der Waals surface area contributed by atoms with E-state index in [1.807, 2.05) is 13.0 Å². The number of carbonyl (C=O) groups excluding carboxylic acids is 1. The molecule has 0 aliphatic heterocycles. The first kappa shape index (κ1) is 14.0. The van der Waals surface area contributed by atoms with Gasteiger partial charge in [-0.2, -0.15) is 4.98 Å². The Bertz CT molecular complexity index is 609. The fraction of sp³-hybridized carbons (Fsp3) is 0.308. The number of nitrogens with two attached hydrogens (primary N) is 1. The highest BCUT2D eigenvalue weighted by Crippen LogP contribution is 2.14. The monoisotopic (exact) mass is 275 g/mol. The van der Waals surface area contributed by atoms with Gasteiger partial charge in [0.1, 0.15) is 0 Å². The van der Waals surface area contributed by atoms with Gasteiger partial charge in [0.05, 0.1) is 0 Å². The molecular weight excluding hydrogens is 258 g/mol. The van der Waals surface area contributed by atoms with E-state index >= 15 is 0 Å². The van der Waals surface area contributed by atoms with Crippen molar-refractivity contribution in [2.45, 2.75) is 20.3 Å². The summed E-state index contributed by atoms with van der Waals surface area (Å²) in [5, 5.41) is 6.59. The van der Waals surface area contributed by atoms with E-state index < -0.39 is 0 Å². The van der Waals surface area contributed by atoms with Gasteiger partial charge in [0.15, 0.2) is 5.82 Å². The van der Waals surface area contributed by atoms with Gasteiger partial charge in [0, 0.05) is 31.1 Å². The third kappa shape index (κ3) is 3.33. The van der Waals surface area contributed by atoms with Crippen LogP contribution in [0.5, 0.6) is 0 Å². The Morgan fingerprint density at radius 1 is 1.40 bits per heavy atom. The predicted octanol–water partition coefficient (Wildman–Crippen LogP) is 0.945. The number of aromatic nitrogens is 2. The van der Waals surface area contributed by atoms with Crippen molar-refractivity contribution in [2.24, 2.45) is 5.84 Å². The second-order valence-electron chi connectivity index (χ2n) is 4.41. The van der Waals surface area contributed by atoms with Gasteiger partial charge in [-0.3, -0.25) is 10.6 Å².